The molecular weight excluding hydrogens is 366 g/mol. The number of aromatic nitrogens is 2. The fourth-order valence-corrected chi connectivity index (χ4v) is 3.02. The highest BCUT2D eigenvalue weighted by molar-refractivity contribution is 5.94. The van der Waals surface area contributed by atoms with Crippen molar-refractivity contribution < 1.29 is 14.3 Å². The van der Waals surface area contributed by atoms with Gasteiger partial charge in [-0.25, -0.2) is 0 Å². The lowest BCUT2D eigenvalue weighted by atomic mass is 9.86. The Morgan fingerprint density at radius 1 is 1.24 bits per heavy atom. The van der Waals surface area contributed by atoms with Crippen molar-refractivity contribution in [1.82, 2.24) is 9.78 Å². The van der Waals surface area contributed by atoms with Gasteiger partial charge in [-0.1, -0.05) is 45.0 Å². The van der Waals surface area contributed by atoms with Crippen LogP contribution in [0, 0.1) is 18.3 Å². The van der Waals surface area contributed by atoms with Crippen LogP contribution >= 0.6 is 0 Å². The standard InChI is InChI=1S/C23H29N3O3/c1-8-26-21(13-15(2)25-26)22(29-17(4)28-16(3)27)20(14-24)18-9-11-19(12-10-18)23(5,6)7/h9-13,17H,8H2,1-7H3/b22-20-. The summed E-state index contributed by atoms with van der Waals surface area (Å²) >= 11 is 0. The SMILES string of the molecule is CCn1nc(C)cc1/C(OC(C)OC(C)=O)=C(\C#N)c1ccc(C(C)(C)C)cc1. The van der Waals surface area contributed by atoms with E-state index in [2.05, 4.69) is 31.9 Å². The van der Waals surface area contributed by atoms with Crippen molar-refractivity contribution in [3.63, 3.8) is 0 Å². The Labute approximate surface area is 172 Å². The average molecular weight is 396 g/mol. The van der Waals surface area contributed by atoms with Crippen molar-refractivity contribution in [3.8, 4) is 6.07 Å². The zero-order valence-electron chi connectivity index (χ0n) is 18.2. The van der Waals surface area contributed by atoms with Gasteiger partial charge in [0.1, 0.15) is 17.3 Å². The second-order valence-corrected chi connectivity index (χ2v) is 7.92. The third kappa shape index (κ3) is 5.47. The lowest BCUT2D eigenvalue weighted by Gasteiger charge is -2.21. The third-order valence-electron chi connectivity index (χ3n) is 4.43. The highest BCUT2D eigenvalue weighted by atomic mass is 16.7. The monoisotopic (exact) mass is 395 g/mol. The molecule has 154 valence electrons. The first-order valence-electron chi connectivity index (χ1n) is 9.70. The molecule has 6 heteroatoms. The van der Waals surface area contributed by atoms with Crippen LogP contribution in [0.25, 0.3) is 11.3 Å². The summed E-state index contributed by atoms with van der Waals surface area (Å²) in [7, 11) is 0. The summed E-state index contributed by atoms with van der Waals surface area (Å²) in [5.41, 5.74) is 3.75. The maximum atomic E-state index is 11.3. The first-order chi connectivity index (χ1) is 13.6. The number of esters is 1. The van der Waals surface area contributed by atoms with Gasteiger partial charge in [-0.15, -0.1) is 0 Å². The van der Waals surface area contributed by atoms with Gasteiger partial charge < -0.3 is 9.47 Å². The molecule has 1 atom stereocenters. The minimum atomic E-state index is -0.847. The number of carbonyl (C=O) groups excluding carboxylic acids is 1. The third-order valence-corrected chi connectivity index (χ3v) is 4.43. The van der Waals surface area contributed by atoms with E-state index in [1.165, 1.54) is 12.5 Å². The number of allylic oxidation sites excluding steroid dienone is 1. The number of benzene rings is 1. The minimum absolute atomic E-state index is 0.0101. The Morgan fingerprint density at radius 2 is 1.86 bits per heavy atom. The largest absolute Gasteiger partial charge is 0.451 e. The lowest BCUT2D eigenvalue weighted by Crippen LogP contribution is -2.17. The van der Waals surface area contributed by atoms with E-state index in [9.17, 15) is 10.1 Å². The maximum Gasteiger partial charge on any atom is 0.305 e. The van der Waals surface area contributed by atoms with Crippen molar-refractivity contribution >= 4 is 17.3 Å². The number of nitriles is 1. The number of rotatable bonds is 6. The summed E-state index contributed by atoms with van der Waals surface area (Å²) in [6, 6.07) is 12.0. The van der Waals surface area contributed by atoms with Crippen molar-refractivity contribution in [1.29, 1.82) is 5.26 Å². The van der Waals surface area contributed by atoms with Crippen molar-refractivity contribution in [3.05, 3.63) is 52.8 Å². The number of hydrogen-bond donors (Lipinski definition) is 0. The topological polar surface area (TPSA) is 77.1 Å². The molecule has 0 aliphatic rings. The van der Waals surface area contributed by atoms with Crippen LogP contribution in [0.2, 0.25) is 0 Å². The van der Waals surface area contributed by atoms with Crippen LogP contribution in [0.3, 0.4) is 0 Å². The Bertz CT molecular complexity index is 941. The molecule has 29 heavy (non-hydrogen) atoms. The molecule has 0 saturated carbocycles. The van der Waals surface area contributed by atoms with Gasteiger partial charge in [-0.05, 0) is 36.5 Å². The number of carbonyl (C=O) groups is 1. The van der Waals surface area contributed by atoms with Crippen LogP contribution in [0.1, 0.15) is 64.1 Å². The molecule has 0 aliphatic heterocycles. The van der Waals surface area contributed by atoms with Crippen LogP contribution in [-0.4, -0.2) is 22.0 Å². The Morgan fingerprint density at radius 3 is 2.34 bits per heavy atom. The van der Waals surface area contributed by atoms with E-state index in [0.29, 0.717) is 23.6 Å². The predicted octanol–water partition coefficient (Wildman–Crippen LogP) is 4.83. The Hall–Kier alpha value is -3.07. The van der Waals surface area contributed by atoms with E-state index in [0.717, 1.165) is 11.3 Å². The Balaban J connectivity index is 2.63. The quantitative estimate of drug-likeness (QED) is 0.303. The van der Waals surface area contributed by atoms with Crippen molar-refractivity contribution in [2.75, 3.05) is 0 Å². The molecule has 1 aromatic carbocycles. The van der Waals surface area contributed by atoms with Gasteiger partial charge in [-0.2, -0.15) is 10.4 Å². The van der Waals surface area contributed by atoms with E-state index < -0.39 is 12.3 Å². The minimum Gasteiger partial charge on any atom is -0.451 e. The summed E-state index contributed by atoms with van der Waals surface area (Å²) in [6.07, 6.45) is -0.847. The molecule has 0 bridgehead atoms. The van der Waals surface area contributed by atoms with Crippen molar-refractivity contribution in [2.45, 2.75) is 66.7 Å². The van der Waals surface area contributed by atoms with E-state index in [-0.39, 0.29) is 5.41 Å². The summed E-state index contributed by atoms with van der Waals surface area (Å²) in [6.45, 7) is 13.8. The molecule has 0 spiro atoms. The zero-order chi connectivity index (χ0) is 21.8. The molecule has 0 aliphatic carbocycles. The average Bonchev–Trinajstić information content (AvgIpc) is 3.01. The fraction of sp³-hybridized carbons (Fsp3) is 0.435. The van der Waals surface area contributed by atoms with E-state index in [1.807, 2.05) is 44.2 Å². The van der Waals surface area contributed by atoms with Crippen LogP contribution in [-0.2, 0) is 26.2 Å². The van der Waals surface area contributed by atoms with Gasteiger partial charge >= 0.3 is 5.97 Å². The normalized spacial score (nSPS) is 13.3. The Kier molecular flexibility index (Phi) is 6.86. The fourth-order valence-electron chi connectivity index (χ4n) is 3.02. The smallest absolute Gasteiger partial charge is 0.305 e. The van der Waals surface area contributed by atoms with Gasteiger partial charge in [0.15, 0.2) is 5.76 Å². The maximum absolute atomic E-state index is 11.3. The second-order valence-electron chi connectivity index (χ2n) is 7.92. The molecule has 0 N–H and O–H groups in total. The van der Waals surface area contributed by atoms with Gasteiger partial charge in [0.25, 0.3) is 0 Å². The van der Waals surface area contributed by atoms with Crippen LogP contribution in [0.5, 0.6) is 0 Å². The molecule has 2 rings (SSSR count). The molecule has 2 aromatic rings. The highest BCUT2D eigenvalue weighted by Crippen LogP contribution is 2.31. The first kappa shape index (κ1) is 22.2. The number of ether oxygens (including phenoxy) is 2. The predicted molar refractivity (Wildman–Crippen MR) is 113 cm³/mol. The van der Waals surface area contributed by atoms with E-state index >= 15 is 0 Å². The van der Waals surface area contributed by atoms with E-state index in [4.69, 9.17) is 9.47 Å². The number of hydrogen-bond acceptors (Lipinski definition) is 5. The molecule has 0 fully saturated rings. The van der Waals surface area contributed by atoms with Crippen molar-refractivity contribution in [2.24, 2.45) is 0 Å². The summed E-state index contributed by atoms with van der Waals surface area (Å²) < 4.78 is 12.9. The summed E-state index contributed by atoms with van der Waals surface area (Å²) in [5.74, 6) is -0.114. The summed E-state index contributed by atoms with van der Waals surface area (Å²) in [5, 5.41) is 14.4. The van der Waals surface area contributed by atoms with Crippen LogP contribution < -0.4 is 0 Å². The molecule has 1 heterocycles. The van der Waals surface area contributed by atoms with Gasteiger partial charge in [0.05, 0.1) is 5.69 Å². The van der Waals surface area contributed by atoms with Gasteiger partial charge in [-0.3, -0.25) is 9.48 Å². The van der Waals surface area contributed by atoms with Gasteiger partial charge in [0.2, 0.25) is 6.29 Å². The second kappa shape index (κ2) is 8.95. The van der Waals surface area contributed by atoms with E-state index in [1.54, 1.807) is 11.6 Å². The summed E-state index contributed by atoms with van der Waals surface area (Å²) in [4.78, 5) is 11.3. The van der Waals surface area contributed by atoms with Gasteiger partial charge in [0, 0.05) is 20.4 Å². The lowest BCUT2D eigenvalue weighted by molar-refractivity contribution is -0.161. The molecule has 0 saturated heterocycles. The molecule has 1 aromatic heterocycles. The van der Waals surface area contributed by atoms with Crippen LogP contribution in [0.15, 0.2) is 30.3 Å². The van der Waals surface area contributed by atoms with Crippen LogP contribution in [0.4, 0.5) is 0 Å². The molecule has 6 nitrogen and oxygen atoms in total. The molecular formula is C23H29N3O3. The molecule has 0 amide bonds. The number of aryl methyl sites for hydroxylation is 2. The zero-order valence-corrected chi connectivity index (χ0v) is 18.2. The number of nitrogens with zero attached hydrogens (tertiary/aromatic N) is 3. The molecule has 0 radical (unpaired) electrons. The molecule has 1 unspecified atom stereocenters. The highest BCUT2D eigenvalue weighted by Gasteiger charge is 2.22. The first-order valence-corrected chi connectivity index (χ1v) is 9.70.